The summed E-state index contributed by atoms with van der Waals surface area (Å²) in [5.41, 5.74) is 2.68. The molecule has 0 aliphatic carbocycles. The number of fused-ring (bicyclic) bond motifs is 1. The molecule has 1 fully saturated rings. The number of aryl methyl sites for hydroxylation is 1. The number of amides is 1. The second kappa shape index (κ2) is 9.10. The fourth-order valence-electron chi connectivity index (χ4n) is 3.95. The Hall–Kier alpha value is -2.51. The van der Waals surface area contributed by atoms with Gasteiger partial charge in [0.05, 0.1) is 10.6 Å². The first kappa shape index (κ1) is 20.8. The van der Waals surface area contributed by atoms with Crippen LogP contribution in [0.2, 0.25) is 0 Å². The topological polar surface area (TPSA) is 70.2 Å². The van der Waals surface area contributed by atoms with Crippen molar-refractivity contribution in [3.05, 3.63) is 41.6 Å². The van der Waals surface area contributed by atoms with Crippen LogP contribution in [0.3, 0.4) is 0 Å². The maximum Gasteiger partial charge on any atom is 0.251 e. The van der Waals surface area contributed by atoms with Crippen molar-refractivity contribution in [3.63, 3.8) is 0 Å². The summed E-state index contributed by atoms with van der Waals surface area (Å²) >= 11 is 1.66. The largest absolute Gasteiger partial charge is 0.355 e. The van der Waals surface area contributed by atoms with E-state index in [4.69, 9.17) is 4.98 Å². The van der Waals surface area contributed by atoms with Crippen molar-refractivity contribution in [3.8, 4) is 10.6 Å². The second-order valence-corrected chi connectivity index (χ2v) is 9.21. The molecule has 1 aromatic carbocycles. The van der Waals surface area contributed by atoms with Gasteiger partial charge in [0, 0.05) is 30.1 Å². The minimum Gasteiger partial charge on any atom is -0.355 e. The van der Waals surface area contributed by atoms with Gasteiger partial charge in [0.15, 0.2) is 0 Å². The molecule has 158 valence electrons. The summed E-state index contributed by atoms with van der Waals surface area (Å²) < 4.78 is 1.08. The molecule has 4 rings (SSSR count). The zero-order valence-corrected chi connectivity index (χ0v) is 18.7. The van der Waals surface area contributed by atoms with Crippen molar-refractivity contribution in [1.82, 2.24) is 20.2 Å². The molecule has 7 heteroatoms. The summed E-state index contributed by atoms with van der Waals surface area (Å²) in [5, 5.41) is 7.23. The Morgan fingerprint density at radius 1 is 1.27 bits per heavy atom. The molecular formula is C23H29N5OS. The van der Waals surface area contributed by atoms with Crippen LogP contribution in [0.25, 0.3) is 20.7 Å². The Morgan fingerprint density at radius 3 is 2.83 bits per heavy atom. The molecule has 1 aliphatic heterocycles. The third-order valence-electron chi connectivity index (χ3n) is 5.89. The van der Waals surface area contributed by atoms with E-state index in [0.29, 0.717) is 11.5 Å². The maximum atomic E-state index is 11.9. The van der Waals surface area contributed by atoms with E-state index in [9.17, 15) is 4.79 Å². The van der Waals surface area contributed by atoms with E-state index in [0.717, 1.165) is 45.1 Å². The normalized spacial score (nSPS) is 15.4. The van der Waals surface area contributed by atoms with Gasteiger partial charge in [-0.3, -0.25) is 4.79 Å². The van der Waals surface area contributed by atoms with Gasteiger partial charge in [0.2, 0.25) is 5.95 Å². The average Bonchev–Trinajstić information content (AvgIpc) is 3.18. The SMILES string of the molecule is CNC(=O)c1ccc2cc(-c3nc(NCCC4CCN(C)CC4)ncc3C)sc2c1. The monoisotopic (exact) mass is 423 g/mol. The van der Waals surface area contributed by atoms with E-state index in [-0.39, 0.29) is 5.91 Å². The summed E-state index contributed by atoms with van der Waals surface area (Å²) in [6.45, 7) is 5.34. The van der Waals surface area contributed by atoms with E-state index < -0.39 is 0 Å². The quantitative estimate of drug-likeness (QED) is 0.623. The number of nitrogens with zero attached hydrogens (tertiary/aromatic N) is 3. The number of rotatable bonds is 6. The zero-order valence-electron chi connectivity index (χ0n) is 17.9. The van der Waals surface area contributed by atoms with Crippen LogP contribution in [0.4, 0.5) is 5.95 Å². The first-order valence-electron chi connectivity index (χ1n) is 10.6. The minimum absolute atomic E-state index is 0.0684. The van der Waals surface area contributed by atoms with E-state index in [1.807, 2.05) is 31.3 Å². The predicted molar refractivity (Wildman–Crippen MR) is 124 cm³/mol. The average molecular weight is 424 g/mol. The molecule has 0 bridgehead atoms. The van der Waals surface area contributed by atoms with Gasteiger partial charge in [-0.05, 0) is 81.4 Å². The summed E-state index contributed by atoms with van der Waals surface area (Å²) in [6, 6.07) is 7.95. The lowest BCUT2D eigenvalue weighted by Gasteiger charge is -2.28. The lowest BCUT2D eigenvalue weighted by atomic mass is 9.94. The summed E-state index contributed by atoms with van der Waals surface area (Å²) in [6.07, 6.45) is 5.60. The van der Waals surface area contributed by atoms with Crippen LogP contribution in [-0.2, 0) is 0 Å². The Balaban J connectivity index is 1.48. The number of hydrogen-bond acceptors (Lipinski definition) is 6. The molecule has 3 heterocycles. The number of carbonyl (C=O) groups excluding carboxylic acids is 1. The van der Waals surface area contributed by atoms with Crippen LogP contribution in [0.1, 0.15) is 35.2 Å². The lowest BCUT2D eigenvalue weighted by molar-refractivity contribution is 0.0963. The van der Waals surface area contributed by atoms with Gasteiger partial charge in [0.1, 0.15) is 0 Å². The summed E-state index contributed by atoms with van der Waals surface area (Å²) in [4.78, 5) is 24.7. The van der Waals surface area contributed by atoms with Gasteiger partial charge in [-0.25, -0.2) is 9.97 Å². The highest BCUT2D eigenvalue weighted by Gasteiger charge is 2.16. The number of benzene rings is 1. The van der Waals surface area contributed by atoms with Gasteiger partial charge in [-0.1, -0.05) is 6.07 Å². The van der Waals surface area contributed by atoms with Crippen LogP contribution in [0.15, 0.2) is 30.5 Å². The van der Waals surface area contributed by atoms with Crippen molar-refractivity contribution < 1.29 is 4.79 Å². The molecule has 0 unspecified atom stereocenters. The van der Waals surface area contributed by atoms with Crippen LogP contribution in [0.5, 0.6) is 0 Å². The van der Waals surface area contributed by atoms with Crippen LogP contribution in [-0.4, -0.2) is 54.5 Å². The number of aromatic nitrogens is 2. The maximum absolute atomic E-state index is 11.9. The van der Waals surface area contributed by atoms with E-state index >= 15 is 0 Å². The highest BCUT2D eigenvalue weighted by molar-refractivity contribution is 7.22. The highest BCUT2D eigenvalue weighted by atomic mass is 32.1. The van der Waals surface area contributed by atoms with Gasteiger partial charge < -0.3 is 15.5 Å². The van der Waals surface area contributed by atoms with Gasteiger partial charge in [-0.2, -0.15) is 0 Å². The van der Waals surface area contributed by atoms with Gasteiger partial charge in [-0.15, -0.1) is 11.3 Å². The molecule has 0 spiro atoms. The number of likely N-dealkylation sites (tertiary alicyclic amines) is 1. The molecular weight excluding hydrogens is 394 g/mol. The first-order chi connectivity index (χ1) is 14.5. The molecule has 30 heavy (non-hydrogen) atoms. The summed E-state index contributed by atoms with van der Waals surface area (Å²) in [7, 11) is 3.85. The van der Waals surface area contributed by atoms with Crippen molar-refractivity contribution in [2.75, 3.05) is 39.0 Å². The molecule has 1 saturated heterocycles. The number of carbonyl (C=O) groups is 1. The van der Waals surface area contributed by atoms with Crippen molar-refractivity contribution in [1.29, 1.82) is 0 Å². The number of piperidine rings is 1. The Morgan fingerprint density at radius 2 is 2.07 bits per heavy atom. The van der Waals surface area contributed by atoms with E-state index in [1.165, 1.54) is 25.9 Å². The van der Waals surface area contributed by atoms with Gasteiger partial charge in [0.25, 0.3) is 5.91 Å². The highest BCUT2D eigenvalue weighted by Crippen LogP contribution is 2.35. The van der Waals surface area contributed by atoms with Crippen molar-refractivity contribution in [2.45, 2.75) is 26.2 Å². The number of thiophene rings is 1. The fraction of sp³-hybridized carbons (Fsp3) is 0.435. The van der Waals surface area contributed by atoms with Crippen molar-refractivity contribution >= 4 is 33.3 Å². The van der Waals surface area contributed by atoms with Crippen LogP contribution >= 0.6 is 11.3 Å². The fourth-order valence-corrected chi connectivity index (χ4v) is 5.11. The molecule has 1 aliphatic rings. The molecule has 0 radical (unpaired) electrons. The smallest absolute Gasteiger partial charge is 0.251 e. The first-order valence-corrected chi connectivity index (χ1v) is 11.4. The van der Waals surface area contributed by atoms with Gasteiger partial charge >= 0.3 is 0 Å². The summed E-state index contributed by atoms with van der Waals surface area (Å²) in [5.74, 6) is 1.41. The molecule has 1 amide bonds. The molecule has 3 aromatic rings. The van der Waals surface area contributed by atoms with Crippen LogP contribution in [0, 0.1) is 12.8 Å². The minimum atomic E-state index is -0.0684. The molecule has 2 N–H and O–H groups in total. The van der Waals surface area contributed by atoms with Crippen LogP contribution < -0.4 is 10.6 Å². The molecule has 6 nitrogen and oxygen atoms in total. The zero-order chi connectivity index (χ0) is 21.1. The Labute approximate surface area is 181 Å². The lowest BCUT2D eigenvalue weighted by Crippen LogP contribution is -2.30. The van der Waals surface area contributed by atoms with Crippen molar-refractivity contribution in [2.24, 2.45) is 5.92 Å². The van der Waals surface area contributed by atoms with E-state index in [1.54, 1.807) is 18.4 Å². The Bertz CT molecular complexity index is 1040. The number of nitrogens with one attached hydrogen (secondary N) is 2. The molecule has 2 aromatic heterocycles. The second-order valence-electron chi connectivity index (χ2n) is 8.13. The number of hydrogen-bond donors (Lipinski definition) is 2. The third-order valence-corrected chi connectivity index (χ3v) is 6.99. The van der Waals surface area contributed by atoms with E-state index in [2.05, 4.69) is 33.6 Å². The standard InChI is InChI=1S/C23H29N5OS/c1-15-14-26-23(25-9-6-16-7-10-28(3)11-8-16)27-21(15)20-12-17-4-5-18(22(29)24-2)13-19(17)30-20/h4-5,12-14,16H,6-11H2,1-3H3,(H,24,29)(H,25,26,27). The number of anilines is 1. The Kier molecular flexibility index (Phi) is 6.29. The molecule has 0 atom stereocenters. The third kappa shape index (κ3) is 4.63. The predicted octanol–water partition coefficient (Wildman–Crippen LogP) is 4.17. The molecule has 0 saturated carbocycles.